The van der Waals surface area contributed by atoms with Gasteiger partial charge in [0.05, 0.1) is 35.3 Å². The first-order valence-corrected chi connectivity index (χ1v) is 13.4. The maximum absolute atomic E-state index is 13.2. The maximum atomic E-state index is 13.2. The second-order valence-corrected chi connectivity index (χ2v) is 11.2. The van der Waals surface area contributed by atoms with Crippen molar-refractivity contribution < 1.29 is 24.5 Å². The molecule has 0 spiro atoms. The van der Waals surface area contributed by atoms with Gasteiger partial charge in [-0.25, -0.2) is 4.98 Å². The van der Waals surface area contributed by atoms with Crippen LogP contribution in [0.25, 0.3) is 17.0 Å². The van der Waals surface area contributed by atoms with E-state index in [4.69, 9.17) is 9.72 Å². The summed E-state index contributed by atoms with van der Waals surface area (Å²) in [5.74, 6) is -1.81. The van der Waals surface area contributed by atoms with Gasteiger partial charge in [-0.2, -0.15) is 0 Å². The van der Waals surface area contributed by atoms with E-state index < -0.39 is 35.6 Å². The second-order valence-electron chi connectivity index (χ2n) is 11.2. The van der Waals surface area contributed by atoms with Crippen LogP contribution in [-0.2, 0) is 14.3 Å². The van der Waals surface area contributed by atoms with Crippen LogP contribution >= 0.6 is 0 Å². The molecule has 0 unspecified atom stereocenters. The minimum Gasteiger partial charge on any atom is -0.457 e. The Morgan fingerprint density at radius 2 is 1.82 bits per heavy atom. The van der Waals surface area contributed by atoms with E-state index >= 15 is 0 Å². The summed E-state index contributed by atoms with van der Waals surface area (Å²) in [6, 6.07) is 11.8. The number of hydrogen-bond donors (Lipinski definition) is 2. The smallest absolute Gasteiger partial charge is 0.309 e. The normalized spacial score (nSPS) is 30.4. The lowest BCUT2D eigenvalue weighted by Crippen LogP contribution is -2.45. The molecule has 38 heavy (non-hydrogen) atoms. The zero-order chi connectivity index (χ0) is 28.0. The number of aliphatic hydroxyl groups excluding tert-OH is 2. The first-order valence-electron chi connectivity index (χ1n) is 13.4. The number of benzene rings is 1. The summed E-state index contributed by atoms with van der Waals surface area (Å²) in [7, 11) is 0. The van der Waals surface area contributed by atoms with Crippen LogP contribution in [0.5, 0.6) is 0 Å². The molecule has 2 heterocycles. The van der Waals surface area contributed by atoms with Gasteiger partial charge in [-0.15, -0.1) is 0 Å². The van der Waals surface area contributed by atoms with Crippen LogP contribution in [0, 0.1) is 17.3 Å². The molecule has 0 bridgehead atoms. The Balaban J connectivity index is 1.92. The van der Waals surface area contributed by atoms with Crippen molar-refractivity contribution in [3.05, 3.63) is 71.5 Å². The third-order valence-electron chi connectivity index (χ3n) is 7.63. The molecule has 0 saturated heterocycles. The fraction of sp³-hybridized carbons (Fsp3) is 0.469. The summed E-state index contributed by atoms with van der Waals surface area (Å²) in [4.78, 5) is 30.9. The number of carbonyl (C=O) groups excluding carboxylic acids is 2. The van der Waals surface area contributed by atoms with E-state index in [0.717, 1.165) is 27.7 Å². The van der Waals surface area contributed by atoms with E-state index in [1.54, 1.807) is 20.8 Å². The molecule has 6 heteroatoms. The zero-order valence-corrected chi connectivity index (χ0v) is 23.3. The monoisotopic (exact) mass is 519 g/mol. The maximum Gasteiger partial charge on any atom is 0.309 e. The minimum atomic E-state index is -1.25. The quantitative estimate of drug-likeness (QED) is 0.383. The number of allylic oxidation sites excluding steroid dienone is 2. The molecular formula is C32H41NO5. The van der Waals surface area contributed by atoms with Crippen molar-refractivity contribution >= 4 is 28.7 Å². The van der Waals surface area contributed by atoms with Crippen molar-refractivity contribution in [2.45, 2.75) is 79.1 Å². The molecular weight excluding hydrogens is 478 g/mol. The Morgan fingerprint density at radius 1 is 1.11 bits per heavy atom. The fourth-order valence-electron chi connectivity index (χ4n) is 4.77. The molecule has 5 atom stereocenters. The highest BCUT2D eigenvalue weighted by Gasteiger charge is 2.42. The van der Waals surface area contributed by atoms with Crippen LogP contribution in [0.15, 0.2) is 65.8 Å². The lowest BCUT2D eigenvalue weighted by molar-refractivity contribution is -0.154. The number of ether oxygens (including phenoxy) is 1. The van der Waals surface area contributed by atoms with Gasteiger partial charge in [0, 0.05) is 23.6 Å². The topological polar surface area (TPSA) is 96.7 Å². The van der Waals surface area contributed by atoms with Crippen LogP contribution in [0.3, 0.4) is 0 Å². The van der Waals surface area contributed by atoms with Gasteiger partial charge in [0.15, 0.2) is 0 Å². The third kappa shape index (κ3) is 7.27. The Morgan fingerprint density at radius 3 is 2.55 bits per heavy atom. The number of carbonyl (C=O) groups is 2. The molecule has 2 N–H and O–H groups in total. The molecule has 6 nitrogen and oxygen atoms in total. The van der Waals surface area contributed by atoms with Crippen molar-refractivity contribution in [1.82, 2.24) is 4.98 Å². The number of hydrogen-bond acceptors (Lipinski definition) is 6. The first-order chi connectivity index (χ1) is 17.9. The molecule has 1 aromatic heterocycles. The fourth-order valence-corrected chi connectivity index (χ4v) is 4.77. The van der Waals surface area contributed by atoms with Gasteiger partial charge in [-0.05, 0) is 44.1 Å². The van der Waals surface area contributed by atoms with Crippen LogP contribution in [0.2, 0.25) is 0 Å². The molecule has 1 aromatic carbocycles. The Labute approximate surface area is 226 Å². The Kier molecular flexibility index (Phi) is 9.80. The SMILES string of the molecule is C/C1=C/C[C@@H](/C(C)=C/c2ccc3ccccc3n2)OC(=O)C[C@H](O)C(C)(C)C(=O)[C@H](C)[C@@H](O)[C@@H](C)/C=C/C1. The number of nitrogens with zero attached hydrogens (tertiary/aromatic N) is 1. The van der Waals surface area contributed by atoms with Gasteiger partial charge in [0.1, 0.15) is 11.9 Å². The summed E-state index contributed by atoms with van der Waals surface area (Å²) in [5, 5.41) is 22.7. The molecule has 2 aromatic rings. The van der Waals surface area contributed by atoms with E-state index in [0.29, 0.717) is 12.8 Å². The average Bonchev–Trinajstić information content (AvgIpc) is 2.88. The number of ketones is 1. The zero-order valence-electron chi connectivity index (χ0n) is 23.3. The molecule has 0 saturated carbocycles. The summed E-state index contributed by atoms with van der Waals surface area (Å²) < 4.78 is 5.87. The number of aromatic nitrogens is 1. The first kappa shape index (κ1) is 29.5. The molecule has 3 rings (SSSR count). The van der Waals surface area contributed by atoms with Crippen molar-refractivity contribution in [3.8, 4) is 0 Å². The lowest BCUT2D eigenvalue weighted by atomic mass is 9.73. The Hall–Kier alpha value is -3.09. The van der Waals surface area contributed by atoms with E-state index in [2.05, 4.69) is 0 Å². The lowest BCUT2D eigenvalue weighted by Gasteiger charge is -2.34. The molecule has 0 aliphatic carbocycles. The molecule has 1 aliphatic rings. The van der Waals surface area contributed by atoms with E-state index in [-0.39, 0.29) is 18.1 Å². The Bertz CT molecular complexity index is 1240. The van der Waals surface area contributed by atoms with Crippen molar-refractivity contribution in [1.29, 1.82) is 0 Å². The molecule has 0 amide bonds. The van der Waals surface area contributed by atoms with Crippen LogP contribution < -0.4 is 0 Å². The highest BCUT2D eigenvalue weighted by atomic mass is 16.5. The third-order valence-corrected chi connectivity index (χ3v) is 7.63. The van der Waals surface area contributed by atoms with Gasteiger partial charge in [-0.1, -0.05) is 75.8 Å². The summed E-state index contributed by atoms with van der Waals surface area (Å²) in [6.07, 6.45) is 6.02. The highest BCUT2D eigenvalue weighted by Crippen LogP contribution is 2.31. The number of aliphatic hydroxyl groups is 2. The van der Waals surface area contributed by atoms with Gasteiger partial charge in [0.25, 0.3) is 0 Å². The molecule has 0 radical (unpaired) electrons. The number of fused-ring (bicyclic) bond motifs is 1. The predicted molar refractivity (Wildman–Crippen MR) is 151 cm³/mol. The number of Topliss-reactive ketones (excluding diaryl/α,β-unsaturated/α-hetero) is 1. The van der Waals surface area contributed by atoms with E-state index in [1.807, 2.05) is 81.5 Å². The summed E-state index contributed by atoms with van der Waals surface area (Å²) in [5.41, 5.74) is 2.35. The molecule has 1 aliphatic heterocycles. The minimum absolute atomic E-state index is 0.236. The number of esters is 1. The number of rotatable bonds is 2. The number of pyridine rings is 1. The standard InChI is InChI=1S/C32H41NO5/c1-20-10-9-11-21(2)30(36)23(4)31(37)32(5,6)28(34)19-29(35)38-27(17-14-20)22(3)18-25-16-15-24-12-7-8-13-26(24)33-25/h7-9,11-16,18,21,23,27-28,30,34,36H,10,17,19H2,1-6H3/b11-9+,20-14-,22-18+/t21-,23+,27-,28-,30-/m0/s1. The summed E-state index contributed by atoms with van der Waals surface area (Å²) >= 11 is 0. The largest absolute Gasteiger partial charge is 0.457 e. The van der Waals surface area contributed by atoms with Crippen LogP contribution in [0.4, 0.5) is 0 Å². The van der Waals surface area contributed by atoms with Crippen LogP contribution in [-0.4, -0.2) is 45.3 Å². The van der Waals surface area contributed by atoms with E-state index in [1.165, 1.54) is 0 Å². The van der Waals surface area contributed by atoms with Gasteiger partial charge in [0.2, 0.25) is 0 Å². The van der Waals surface area contributed by atoms with Gasteiger partial charge < -0.3 is 14.9 Å². The van der Waals surface area contributed by atoms with Gasteiger partial charge >= 0.3 is 5.97 Å². The number of para-hydroxylation sites is 1. The van der Waals surface area contributed by atoms with Crippen molar-refractivity contribution in [3.63, 3.8) is 0 Å². The predicted octanol–water partition coefficient (Wildman–Crippen LogP) is 5.83. The van der Waals surface area contributed by atoms with Crippen molar-refractivity contribution in [2.24, 2.45) is 17.3 Å². The number of cyclic esters (lactones) is 1. The van der Waals surface area contributed by atoms with Crippen molar-refractivity contribution in [2.75, 3.05) is 0 Å². The average molecular weight is 520 g/mol. The van der Waals surface area contributed by atoms with Crippen LogP contribution in [0.1, 0.15) is 66.5 Å². The van der Waals surface area contributed by atoms with E-state index in [9.17, 15) is 19.8 Å². The molecule has 0 fully saturated rings. The summed E-state index contributed by atoms with van der Waals surface area (Å²) in [6.45, 7) is 10.7. The molecule has 204 valence electrons. The van der Waals surface area contributed by atoms with Gasteiger partial charge in [-0.3, -0.25) is 9.59 Å². The highest BCUT2D eigenvalue weighted by molar-refractivity contribution is 5.88. The second kappa shape index (κ2) is 12.6.